The Bertz CT molecular complexity index is 831. The molecule has 0 N–H and O–H groups in total. The molecule has 8 heteroatoms. The van der Waals surface area contributed by atoms with Crippen LogP contribution >= 0.6 is 24.0 Å². The number of carbonyl (C=O) groups is 2. The number of methoxy groups -OCH3 is 1. The minimum atomic E-state index is -0.134. The van der Waals surface area contributed by atoms with E-state index in [4.69, 9.17) is 21.7 Å². The summed E-state index contributed by atoms with van der Waals surface area (Å²) in [6, 6.07) is 5.33. The molecule has 1 aromatic rings. The van der Waals surface area contributed by atoms with Crippen LogP contribution in [0.4, 0.5) is 0 Å². The van der Waals surface area contributed by atoms with Gasteiger partial charge in [0.2, 0.25) is 0 Å². The molecule has 1 aromatic carbocycles. The molecule has 2 fully saturated rings. The number of benzene rings is 1. The molecule has 2 amide bonds. The van der Waals surface area contributed by atoms with E-state index in [9.17, 15) is 9.59 Å². The number of nitrogens with zero attached hydrogens (tertiary/aromatic N) is 2. The summed E-state index contributed by atoms with van der Waals surface area (Å²) in [7, 11) is 1.54. The van der Waals surface area contributed by atoms with Gasteiger partial charge in [0.05, 0.1) is 12.0 Å². The van der Waals surface area contributed by atoms with Crippen LogP contribution in [0.2, 0.25) is 0 Å². The number of ether oxygens (including phenoxy) is 2. The minimum Gasteiger partial charge on any atom is -0.493 e. The molecule has 0 bridgehead atoms. The van der Waals surface area contributed by atoms with Crippen molar-refractivity contribution in [2.45, 2.75) is 12.8 Å². The summed E-state index contributed by atoms with van der Waals surface area (Å²) in [6.45, 7) is 5.61. The van der Waals surface area contributed by atoms with E-state index in [1.165, 1.54) is 23.8 Å². The van der Waals surface area contributed by atoms with Gasteiger partial charge in [-0.3, -0.25) is 14.5 Å². The molecule has 148 valence electrons. The number of amides is 2. The number of likely N-dealkylation sites (tertiary alicyclic amines) is 1. The first kappa shape index (κ1) is 20.4. The van der Waals surface area contributed by atoms with Gasteiger partial charge in [0.25, 0.3) is 11.8 Å². The van der Waals surface area contributed by atoms with E-state index >= 15 is 0 Å². The monoisotopic (exact) mass is 418 g/mol. The minimum absolute atomic E-state index is 0.0179. The molecule has 0 spiro atoms. The van der Waals surface area contributed by atoms with Crippen molar-refractivity contribution in [3.05, 3.63) is 41.3 Å². The van der Waals surface area contributed by atoms with Gasteiger partial charge in [0.15, 0.2) is 18.1 Å². The quantitative estimate of drug-likeness (QED) is 0.385. The average Bonchev–Trinajstić information content (AvgIpc) is 3.32. The van der Waals surface area contributed by atoms with E-state index in [1.54, 1.807) is 24.3 Å². The largest absolute Gasteiger partial charge is 0.493 e. The Labute approximate surface area is 174 Å². The Morgan fingerprint density at radius 1 is 1.32 bits per heavy atom. The molecule has 2 heterocycles. The summed E-state index contributed by atoms with van der Waals surface area (Å²) in [5.74, 6) is 0.843. The van der Waals surface area contributed by atoms with Crippen molar-refractivity contribution < 1.29 is 19.1 Å². The number of rotatable bonds is 7. The standard InChI is InChI=1S/C20H22N2O4S2/c1-3-8-22-19(24)17(28-20(22)27)12-14-6-7-15(16(11-14)25-2)26-13-18(23)21-9-4-5-10-21/h3,6-7,11-12H,1,4-5,8-10,13H2,2H3/b17-12-. The van der Waals surface area contributed by atoms with Crippen molar-refractivity contribution in [1.82, 2.24) is 9.80 Å². The van der Waals surface area contributed by atoms with Crippen LogP contribution in [0.5, 0.6) is 11.5 Å². The lowest BCUT2D eigenvalue weighted by Gasteiger charge is -2.16. The second kappa shape index (κ2) is 9.25. The predicted molar refractivity (Wildman–Crippen MR) is 114 cm³/mol. The zero-order chi connectivity index (χ0) is 20.1. The van der Waals surface area contributed by atoms with Crippen LogP contribution < -0.4 is 9.47 Å². The maximum atomic E-state index is 12.4. The number of thioether (sulfide) groups is 1. The maximum absolute atomic E-state index is 12.4. The van der Waals surface area contributed by atoms with Crippen LogP contribution in [0.3, 0.4) is 0 Å². The number of carbonyl (C=O) groups excluding carboxylic acids is 2. The van der Waals surface area contributed by atoms with E-state index in [1.807, 2.05) is 11.0 Å². The molecule has 0 aliphatic carbocycles. The third-order valence-corrected chi connectivity index (χ3v) is 5.86. The SMILES string of the molecule is C=CCN1C(=O)/C(=C/c2ccc(OCC(=O)N3CCCC3)c(OC)c2)SC1=S. The molecule has 0 atom stereocenters. The lowest BCUT2D eigenvalue weighted by molar-refractivity contribution is -0.132. The Kier molecular flexibility index (Phi) is 6.74. The number of hydrogen-bond acceptors (Lipinski definition) is 6. The molecule has 3 rings (SSSR count). The summed E-state index contributed by atoms with van der Waals surface area (Å²) >= 11 is 6.51. The van der Waals surface area contributed by atoms with Crippen LogP contribution in [-0.2, 0) is 9.59 Å². The van der Waals surface area contributed by atoms with Gasteiger partial charge in [-0.2, -0.15) is 0 Å². The fourth-order valence-electron chi connectivity index (χ4n) is 3.03. The van der Waals surface area contributed by atoms with E-state index in [-0.39, 0.29) is 18.4 Å². The fourth-order valence-corrected chi connectivity index (χ4v) is 4.30. The Balaban J connectivity index is 1.70. The molecule has 0 aromatic heterocycles. The molecule has 2 aliphatic rings. The normalized spacial score (nSPS) is 18.1. The van der Waals surface area contributed by atoms with Crippen molar-refractivity contribution in [1.29, 1.82) is 0 Å². The molecule has 6 nitrogen and oxygen atoms in total. The topological polar surface area (TPSA) is 59.1 Å². The third kappa shape index (κ3) is 4.56. The molecule has 2 saturated heterocycles. The second-order valence-corrected chi connectivity index (χ2v) is 8.04. The third-order valence-electron chi connectivity index (χ3n) is 4.48. The summed E-state index contributed by atoms with van der Waals surface area (Å²) in [5.41, 5.74) is 0.786. The highest BCUT2D eigenvalue weighted by Crippen LogP contribution is 2.34. The van der Waals surface area contributed by atoms with Gasteiger partial charge in [-0.25, -0.2) is 0 Å². The second-order valence-electron chi connectivity index (χ2n) is 6.37. The predicted octanol–water partition coefficient (Wildman–Crippen LogP) is 3.08. The van der Waals surface area contributed by atoms with Crippen molar-refractivity contribution in [2.24, 2.45) is 0 Å². The zero-order valence-corrected chi connectivity index (χ0v) is 17.3. The van der Waals surface area contributed by atoms with Gasteiger partial charge in [-0.1, -0.05) is 36.1 Å². The smallest absolute Gasteiger partial charge is 0.266 e. The highest BCUT2D eigenvalue weighted by atomic mass is 32.2. The van der Waals surface area contributed by atoms with Gasteiger partial charge in [-0.05, 0) is 36.6 Å². The first-order valence-corrected chi connectivity index (χ1v) is 10.2. The molecule has 0 unspecified atom stereocenters. The van der Waals surface area contributed by atoms with Crippen LogP contribution in [0.25, 0.3) is 6.08 Å². The van der Waals surface area contributed by atoms with Gasteiger partial charge in [0, 0.05) is 19.6 Å². The molecule has 0 saturated carbocycles. The zero-order valence-electron chi connectivity index (χ0n) is 15.7. The molecular formula is C20H22N2O4S2. The van der Waals surface area contributed by atoms with E-state index in [0.717, 1.165) is 31.5 Å². The van der Waals surface area contributed by atoms with Crippen LogP contribution in [-0.4, -0.2) is 59.3 Å². The Hall–Kier alpha value is -2.32. The summed E-state index contributed by atoms with van der Waals surface area (Å²) in [6.07, 6.45) is 5.50. The van der Waals surface area contributed by atoms with Crippen LogP contribution in [0.1, 0.15) is 18.4 Å². The van der Waals surface area contributed by atoms with Gasteiger partial charge < -0.3 is 14.4 Å². The highest BCUT2D eigenvalue weighted by Gasteiger charge is 2.31. The van der Waals surface area contributed by atoms with Crippen molar-refractivity contribution >= 4 is 46.2 Å². The summed E-state index contributed by atoms with van der Waals surface area (Å²) in [4.78, 5) is 28.5. The first-order valence-electron chi connectivity index (χ1n) is 8.98. The lowest BCUT2D eigenvalue weighted by atomic mass is 10.2. The van der Waals surface area contributed by atoms with Gasteiger partial charge >= 0.3 is 0 Å². The van der Waals surface area contributed by atoms with E-state index < -0.39 is 0 Å². The molecule has 0 radical (unpaired) electrons. The summed E-state index contributed by atoms with van der Waals surface area (Å²) in [5, 5.41) is 0. The van der Waals surface area contributed by atoms with E-state index in [2.05, 4.69) is 6.58 Å². The Morgan fingerprint density at radius 2 is 2.07 bits per heavy atom. The molecule has 2 aliphatic heterocycles. The summed E-state index contributed by atoms with van der Waals surface area (Å²) < 4.78 is 11.6. The number of thiocarbonyl (C=S) groups is 1. The van der Waals surface area contributed by atoms with Crippen LogP contribution in [0, 0.1) is 0 Å². The average molecular weight is 419 g/mol. The van der Waals surface area contributed by atoms with Crippen molar-refractivity contribution in [3.8, 4) is 11.5 Å². The Morgan fingerprint density at radius 3 is 2.75 bits per heavy atom. The van der Waals surface area contributed by atoms with Crippen molar-refractivity contribution in [2.75, 3.05) is 33.4 Å². The fraction of sp³-hybridized carbons (Fsp3) is 0.350. The van der Waals surface area contributed by atoms with Gasteiger partial charge in [0.1, 0.15) is 4.32 Å². The highest BCUT2D eigenvalue weighted by molar-refractivity contribution is 8.26. The van der Waals surface area contributed by atoms with Gasteiger partial charge in [-0.15, -0.1) is 6.58 Å². The van der Waals surface area contributed by atoms with Crippen LogP contribution in [0.15, 0.2) is 35.8 Å². The molecule has 28 heavy (non-hydrogen) atoms. The number of hydrogen-bond donors (Lipinski definition) is 0. The van der Waals surface area contributed by atoms with E-state index in [0.29, 0.717) is 27.3 Å². The van der Waals surface area contributed by atoms with Crippen molar-refractivity contribution in [3.63, 3.8) is 0 Å². The maximum Gasteiger partial charge on any atom is 0.266 e. The lowest BCUT2D eigenvalue weighted by Crippen LogP contribution is -2.32. The molecular weight excluding hydrogens is 396 g/mol. The first-order chi connectivity index (χ1) is 13.5.